The van der Waals surface area contributed by atoms with Crippen molar-refractivity contribution in [3.05, 3.63) is 103 Å². The SMILES string of the molecule is O=C(O)C(c1cccc2ccccc12)C(Nn1cnc2cncnc21)c1ccccc1. The lowest BCUT2D eigenvalue weighted by atomic mass is 9.85. The predicted molar refractivity (Wildman–Crippen MR) is 118 cm³/mol. The Morgan fingerprint density at radius 2 is 1.71 bits per heavy atom. The molecule has 0 radical (unpaired) electrons. The van der Waals surface area contributed by atoms with Crippen molar-refractivity contribution in [1.29, 1.82) is 0 Å². The number of carboxylic acids is 1. The van der Waals surface area contributed by atoms with E-state index in [2.05, 4.69) is 20.4 Å². The molecule has 2 N–H and O–H groups in total. The molecule has 152 valence electrons. The molecule has 2 unspecified atom stereocenters. The lowest BCUT2D eigenvalue weighted by molar-refractivity contribution is -0.139. The second kappa shape index (κ2) is 7.87. The maximum absolute atomic E-state index is 12.7. The van der Waals surface area contributed by atoms with E-state index in [9.17, 15) is 9.90 Å². The molecular weight excluding hydrogens is 390 g/mol. The summed E-state index contributed by atoms with van der Waals surface area (Å²) in [5.74, 6) is -1.77. The summed E-state index contributed by atoms with van der Waals surface area (Å²) in [7, 11) is 0. The van der Waals surface area contributed by atoms with Crippen molar-refractivity contribution < 1.29 is 9.90 Å². The van der Waals surface area contributed by atoms with Crippen LogP contribution in [0.15, 0.2) is 91.6 Å². The van der Waals surface area contributed by atoms with Crippen LogP contribution in [0.5, 0.6) is 0 Å². The van der Waals surface area contributed by atoms with E-state index in [1.807, 2.05) is 72.8 Å². The predicted octanol–water partition coefficient (Wildman–Crippen LogP) is 4.13. The van der Waals surface area contributed by atoms with Crippen molar-refractivity contribution in [1.82, 2.24) is 19.6 Å². The third-order valence-corrected chi connectivity index (χ3v) is 5.41. The number of nitrogens with one attached hydrogen (secondary N) is 1. The lowest BCUT2D eigenvalue weighted by Crippen LogP contribution is -2.30. The number of nitrogens with zero attached hydrogens (tertiary/aromatic N) is 4. The van der Waals surface area contributed by atoms with Gasteiger partial charge in [-0.3, -0.25) is 4.79 Å². The summed E-state index contributed by atoms with van der Waals surface area (Å²) in [6, 6.07) is 22.6. The fourth-order valence-corrected chi connectivity index (χ4v) is 3.99. The number of benzene rings is 3. The smallest absolute Gasteiger partial charge is 0.313 e. The van der Waals surface area contributed by atoms with E-state index in [1.165, 1.54) is 6.33 Å². The molecule has 0 aliphatic heterocycles. The van der Waals surface area contributed by atoms with E-state index >= 15 is 0 Å². The number of imidazole rings is 1. The van der Waals surface area contributed by atoms with Crippen molar-refractivity contribution >= 4 is 27.9 Å². The molecule has 0 saturated carbocycles. The van der Waals surface area contributed by atoms with E-state index in [4.69, 9.17) is 0 Å². The molecule has 2 atom stereocenters. The number of hydrogen-bond acceptors (Lipinski definition) is 5. The highest BCUT2D eigenvalue weighted by Crippen LogP contribution is 2.36. The molecular formula is C24H19N5O2. The second-order valence-corrected chi connectivity index (χ2v) is 7.25. The Morgan fingerprint density at radius 3 is 2.55 bits per heavy atom. The highest BCUT2D eigenvalue weighted by Gasteiger charge is 2.33. The standard InChI is InChI=1S/C24H19N5O2/c30-24(31)21(19-12-6-10-16-7-4-5-11-18(16)19)22(17-8-2-1-3-9-17)28-29-15-27-20-13-25-14-26-23(20)29/h1-15,21-22,28H,(H,30,31). The number of fused-ring (bicyclic) bond motifs is 2. The zero-order chi connectivity index (χ0) is 21.2. The zero-order valence-corrected chi connectivity index (χ0v) is 16.5. The highest BCUT2D eigenvalue weighted by atomic mass is 16.4. The average Bonchev–Trinajstić information content (AvgIpc) is 3.22. The fraction of sp³-hybridized carbons (Fsp3) is 0.0833. The van der Waals surface area contributed by atoms with E-state index in [1.54, 1.807) is 17.2 Å². The molecule has 5 aromatic rings. The van der Waals surface area contributed by atoms with Gasteiger partial charge >= 0.3 is 5.97 Å². The quantitative estimate of drug-likeness (QED) is 0.438. The minimum Gasteiger partial charge on any atom is -0.481 e. The van der Waals surface area contributed by atoms with Crippen LogP contribution in [0.3, 0.4) is 0 Å². The molecule has 2 aromatic heterocycles. The highest BCUT2D eigenvalue weighted by molar-refractivity contribution is 5.91. The normalized spacial score (nSPS) is 13.2. The maximum Gasteiger partial charge on any atom is 0.313 e. The summed E-state index contributed by atoms with van der Waals surface area (Å²) in [6.07, 6.45) is 4.66. The number of aromatic nitrogens is 4. The van der Waals surface area contributed by atoms with Crippen molar-refractivity contribution in [2.24, 2.45) is 0 Å². The largest absolute Gasteiger partial charge is 0.481 e. The molecule has 0 saturated heterocycles. The molecule has 7 heteroatoms. The van der Waals surface area contributed by atoms with E-state index in [-0.39, 0.29) is 0 Å². The first-order valence-corrected chi connectivity index (χ1v) is 9.87. The number of carboxylic acid groups (broad SMARTS) is 1. The molecule has 0 aliphatic carbocycles. The first-order valence-electron chi connectivity index (χ1n) is 9.87. The van der Waals surface area contributed by atoms with Crippen LogP contribution in [0, 0.1) is 0 Å². The van der Waals surface area contributed by atoms with Gasteiger partial charge in [-0.1, -0.05) is 72.8 Å². The maximum atomic E-state index is 12.7. The van der Waals surface area contributed by atoms with Crippen LogP contribution in [-0.2, 0) is 4.79 Å². The summed E-state index contributed by atoms with van der Waals surface area (Å²) < 4.78 is 1.66. The van der Waals surface area contributed by atoms with Gasteiger partial charge in [0.25, 0.3) is 0 Å². The van der Waals surface area contributed by atoms with Gasteiger partial charge in [0.15, 0.2) is 5.65 Å². The molecule has 5 rings (SSSR count). The van der Waals surface area contributed by atoms with Gasteiger partial charge in [-0.15, -0.1) is 0 Å². The first-order chi connectivity index (χ1) is 15.2. The van der Waals surface area contributed by atoms with E-state index < -0.39 is 17.9 Å². The second-order valence-electron chi connectivity index (χ2n) is 7.25. The molecule has 0 bridgehead atoms. The Kier molecular flexibility index (Phi) is 4.76. The topological polar surface area (TPSA) is 92.9 Å². The lowest BCUT2D eigenvalue weighted by Gasteiger charge is -2.28. The van der Waals surface area contributed by atoms with E-state index in [0.29, 0.717) is 11.2 Å². The summed E-state index contributed by atoms with van der Waals surface area (Å²) in [5.41, 5.74) is 6.14. The Bertz CT molecular complexity index is 1360. The van der Waals surface area contributed by atoms with Crippen LogP contribution in [0.1, 0.15) is 23.1 Å². The van der Waals surface area contributed by atoms with Gasteiger partial charge in [0.2, 0.25) is 0 Å². The van der Waals surface area contributed by atoms with Crippen molar-refractivity contribution in [2.45, 2.75) is 12.0 Å². The third-order valence-electron chi connectivity index (χ3n) is 5.41. The Labute approximate surface area is 178 Å². The molecule has 2 heterocycles. The number of carbonyl (C=O) groups is 1. The zero-order valence-electron chi connectivity index (χ0n) is 16.5. The molecule has 7 nitrogen and oxygen atoms in total. The van der Waals surface area contributed by atoms with Gasteiger partial charge in [0, 0.05) is 0 Å². The summed E-state index contributed by atoms with van der Waals surface area (Å²) in [5, 5.41) is 12.3. The molecule has 0 aliphatic rings. The Hall–Kier alpha value is -4.26. The number of hydrogen-bond donors (Lipinski definition) is 2. The fourth-order valence-electron chi connectivity index (χ4n) is 3.99. The van der Waals surface area contributed by atoms with Gasteiger partial charge in [-0.05, 0) is 21.9 Å². The van der Waals surface area contributed by atoms with Crippen molar-refractivity contribution in [2.75, 3.05) is 5.43 Å². The first kappa shape index (κ1) is 18.7. The van der Waals surface area contributed by atoms with Gasteiger partial charge < -0.3 is 10.5 Å². The average molecular weight is 409 g/mol. The van der Waals surface area contributed by atoms with Crippen LogP contribution in [0.4, 0.5) is 0 Å². The monoisotopic (exact) mass is 409 g/mol. The molecule has 0 amide bonds. The molecule has 0 spiro atoms. The number of aliphatic carboxylic acids is 1. The summed E-state index contributed by atoms with van der Waals surface area (Å²) >= 11 is 0. The van der Waals surface area contributed by atoms with Crippen LogP contribution in [-0.4, -0.2) is 30.7 Å². The van der Waals surface area contributed by atoms with Crippen LogP contribution < -0.4 is 5.43 Å². The van der Waals surface area contributed by atoms with Crippen LogP contribution in [0.2, 0.25) is 0 Å². The minimum absolute atomic E-state index is 0.572. The molecule has 3 aromatic carbocycles. The van der Waals surface area contributed by atoms with Gasteiger partial charge in [0.05, 0.1) is 12.2 Å². The van der Waals surface area contributed by atoms with Gasteiger partial charge in [0.1, 0.15) is 24.1 Å². The minimum atomic E-state index is -0.920. The van der Waals surface area contributed by atoms with E-state index in [0.717, 1.165) is 21.9 Å². The molecule has 0 fully saturated rings. The van der Waals surface area contributed by atoms with Crippen molar-refractivity contribution in [3.63, 3.8) is 0 Å². The van der Waals surface area contributed by atoms with Gasteiger partial charge in [-0.25, -0.2) is 19.6 Å². The Balaban J connectivity index is 1.68. The van der Waals surface area contributed by atoms with Crippen molar-refractivity contribution in [3.8, 4) is 0 Å². The Morgan fingerprint density at radius 1 is 0.935 bits per heavy atom. The van der Waals surface area contributed by atoms with Crippen LogP contribution in [0.25, 0.3) is 21.9 Å². The van der Waals surface area contributed by atoms with Crippen LogP contribution >= 0.6 is 0 Å². The number of rotatable bonds is 6. The third kappa shape index (κ3) is 3.46. The molecule has 31 heavy (non-hydrogen) atoms. The summed E-state index contributed by atoms with van der Waals surface area (Å²) in [6.45, 7) is 0. The summed E-state index contributed by atoms with van der Waals surface area (Å²) in [4.78, 5) is 25.3. The van der Waals surface area contributed by atoms with Gasteiger partial charge in [-0.2, -0.15) is 0 Å².